The molecular formula is C20H27N3O. The molecule has 1 atom stereocenters. The van der Waals surface area contributed by atoms with Gasteiger partial charge in [-0.1, -0.05) is 6.07 Å². The first-order valence-corrected chi connectivity index (χ1v) is 9.76. The fourth-order valence-corrected chi connectivity index (χ4v) is 6.26. The molecule has 0 unspecified atom stereocenters. The van der Waals surface area contributed by atoms with Crippen molar-refractivity contribution in [2.24, 2.45) is 23.7 Å². The Bertz CT molecular complexity index is 589. The van der Waals surface area contributed by atoms with Crippen molar-refractivity contribution in [2.45, 2.75) is 57.0 Å². The van der Waals surface area contributed by atoms with Gasteiger partial charge in [0.1, 0.15) is 11.9 Å². The van der Waals surface area contributed by atoms with Gasteiger partial charge in [-0.3, -0.25) is 4.79 Å². The van der Waals surface area contributed by atoms with E-state index in [1.807, 2.05) is 24.4 Å². The van der Waals surface area contributed by atoms with Gasteiger partial charge in [-0.2, -0.15) is 0 Å². The number of hydrogen-bond acceptors (Lipinski definition) is 3. The van der Waals surface area contributed by atoms with Crippen molar-refractivity contribution < 1.29 is 4.79 Å². The fourth-order valence-electron chi connectivity index (χ4n) is 6.26. The summed E-state index contributed by atoms with van der Waals surface area (Å²) < 4.78 is 0. The number of carbonyl (C=O) groups is 1. The second-order valence-electron chi connectivity index (χ2n) is 8.50. The van der Waals surface area contributed by atoms with Crippen LogP contribution in [0.3, 0.4) is 0 Å². The third-order valence-corrected chi connectivity index (χ3v) is 7.03. The minimum absolute atomic E-state index is 0.0305. The monoisotopic (exact) mass is 325 g/mol. The van der Waals surface area contributed by atoms with Crippen LogP contribution in [0.25, 0.3) is 0 Å². The molecular weight excluding hydrogens is 298 g/mol. The predicted octanol–water partition coefficient (Wildman–Crippen LogP) is 2.99. The van der Waals surface area contributed by atoms with Gasteiger partial charge in [0, 0.05) is 18.8 Å². The minimum Gasteiger partial charge on any atom is -0.351 e. The summed E-state index contributed by atoms with van der Waals surface area (Å²) in [6, 6.07) is 6.37. The van der Waals surface area contributed by atoms with E-state index in [2.05, 4.69) is 15.2 Å². The van der Waals surface area contributed by atoms with Crippen molar-refractivity contribution in [1.29, 1.82) is 0 Å². The summed E-state index contributed by atoms with van der Waals surface area (Å²) in [5.41, 5.74) is 0. The summed E-state index contributed by atoms with van der Waals surface area (Å²) in [5, 5.41) is 3.50. The van der Waals surface area contributed by atoms with Crippen LogP contribution in [0, 0.1) is 23.7 Å². The molecule has 1 aromatic rings. The Hall–Kier alpha value is -1.58. The minimum atomic E-state index is -0.0305. The Morgan fingerprint density at radius 2 is 1.83 bits per heavy atom. The van der Waals surface area contributed by atoms with E-state index in [0.717, 1.165) is 48.9 Å². The first-order chi connectivity index (χ1) is 11.8. The summed E-state index contributed by atoms with van der Waals surface area (Å²) in [5.74, 6) is 4.59. The smallest absolute Gasteiger partial charge is 0.242 e. The zero-order valence-corrected chi connectivity index (χ0v) is 14.2. The van der Waals surface area contributed by atoms with E-state index in [1.54, 1.807) is 0 Å². The Morgan fingerprint density at radius 1 is 1.08 bits per heavy atom. The third kappa shape index (κ3) is 2.42. The maximum atomic E-state index is 13.0. The van der Waals surface area contributed by atoms with Crippen molar-refractivity contribution in [3.05, 3.63) is 24.4 Å². The van der Waals surface area contributed by atoms with E-state index >= 15 is 0 Å². The Balaban J connectivity index is 1.30. The molecule has 2 heterocycles. The van der Waals surface area contributed by atoms with Crippen molar-refractivity contribution in [3.63, 3.8) is 0 Å². The van der Waals surface area contributed by atoms with Gasteiger partial charge in [-0.15, -0.1) is 0 Å². The molecule has 4 aliphatic carbocycles. The standard InChI is InChI=1S/C20H27N3O/c24-20(17-4-3-7-23(17)18-5-1-2-6-21-18)22-19-15-9-13-8-14(11-15)12-16(19)10-13/h1-2,5-6,13-17,19H,3-4,7-12H2,(H,22,24)/t13?,14?,15?,16?,17-,19?/m1/s1. The molecule has 1 amide bonds. The molecule has 5 aliphatic rings. The Kier molecular flexibility index (Phi) is 3.53. The number of nitrogens with zero attached hydrogens (tertiary/aromatic N) is 2. The van der Waals surface area contributed by atoms with Gasteiger partial charge in [-0.25, -0.2) is 4.98 Å². The SMILES string of the molecule is O=C(NC1C2CC3CC(C2)CC1C3)[C@H]1CCCN1c1ccccn1. The number of nitrogens with one attached hydrogen (secondary N) is 1. The van der Waals surface area contributed by atoms with Crippen LogP contribution in [-0.4, -0.2) is 29.5 Å². The van der Waals surface area contributed by atoms with Gasteiger partial charge in [0.2, 0.25) is 5.91 Å². The van der Waals surface area contributed by atoms with Crippen molar-refractivity contribution in [2.75, 3.05) is 11.4 Å². The van der Waals surface area contributed by atoms with Gasteiger partial charge in [0.15, 0.2) is 0 Å². The van der Waals surface area contributed by atoms with Gasteiger partial charge < -0.3 is 10.2 Å². The van der Waals surface area contributed by atoms with Crippen LogP contribution in [-0.2, 0) is 4.79 Å². The van der Waals surface area contributed by atoms with E-state index in [4.69, 9.17) is 0 Å². The van der Waals surface area contributed by atoms with Crippen LogP contribution < -0.4 is 10.2 Å². The lowest BCUT2D eigenvalue weighted by atomic mass is 9.54. The van der Waals surface area contributed by atoms with Gasteiger partial charge in [0.05, 0.1) is 0 Å². The molecule has 4 saturated carbocycles. The van der Waals surface area contributed by atoms with E-state index < -0.39 is 0 Å². The second kappa shape index (κ2) is 5.75. The van der Waals surface area contributed by atoms with Crippen molar-refractivity contribution in [3.8, 4) is 0 Å². The topological polar surface area (TPSA) is 45.2 Å². The largest absolute Gasteiger partial charge is 0.351 e. The van der Waals surface area contributed by atoms with Crippen LogP contribution in [0.15, 0.2) is 24.4 Å². The van der Waals surface area contributed by atoms with E-state index in [9.17, 15) is 4.79 Å². The summed E-state index contributed by atoms with van der Waals surface area (Å²) in [4.78, 5) is 19.7. The number of carbonyl (C=O) groups excluding carboxylic acids is 1. The molecule has 4 bridgehead atoms. The number of anilines is 1. The molecule has 24 heavy (non-hydrogen) atoms. The number of aromatic nitrogens is 1. The van der Waals surface area contributed by atoms with Crippen LogP contribution in [0.4, 0.5) is 5.82 Å². The highest BCUT2D eigenvalue weighted by atomic mass is 16.2. The quantitative estimate of drug-likeness (QED) is 0.929. The normalized spacial score (nSPS) is 40.1. The second-order valence-corrected chi connectivity index (χ2v) is 8.50. The average molecular weight is 325 g/mol. The van der Waals surface area contributed by atoms with Crippen LogP contribution >= 0.6 is 0 Å². The maximum absolute atomic E-state index is 13.0. The molecule has 0 aromatic carbocycles. The molecule has 5 fully saturated rings. The number of amides is 1. The summed E-state index contributed by atoms with van der Waals surface area (Å²) in [6.45, 7) is 0.941. The molecule has 1 N–H and O–H groups in total. The molecule has 1 aliphatic heterocycles. The maximum Gasteiger partial charge on any atom is 0.242 e. The van der Waals surface area contributed by atoms with Crippen LogP contribution in [0.2, 0.25) is 0 Å². The van der Waals surface area contributed by atoms with Crippen LogP contribution in [0.5, 0.6) is 0 Å². The molecule has 0 spiro atoms. The number of hydrogen-bond donors (Lipinski definition) is 1. The Morgan fingerprint density at radius 3 is 2.50 bits per heavy atom. The molecule has 0 radical (unpaired) electrons. The van der Waals surface area contributed by atoms with Crippen molar-refractivity contribution in [1.82, 2.24) is 10.3 Å². The molecule has 4 nitrogen and oxygen atoms in total. The summed E-state index contributed by atoms with van der Waals surface area (Å²) in [7, 11) is 0. The lowest BCUT2D eigenvalue weighted by molar-refractivity contribution is -0.126. The van der Waals surface area contributed by atoms with Gasteiger partial charge in [0.25, 0.3) is 0 Å². The highest BCUT2D eigenvalue weighted by Crippen LogP contribution is 2.53. The summed E-state index contributed by atoms with van der Waals surface area (Å²) >= 11 is 0. The first kappa shape index (κ1) is 14.7. The molecule has 128 valence electrons. The van der Waals surface area contributed by atoms with E-state index in [0.29, 0.717) is 6.04 Å². The van der Waals surface area contributed by atoms with E-state index in [-0.39, 0.29) is 11.9 Å². The summed E-state index contributed by atoms with van der Waals surface area (Å²) in [6.07, 6.45) is 10.7. The molecule has 6 rings (SSSR count). The van der Waals surface area contributed by atoms with Gasteiger partial charge >= 0.3 is 0 Å². The lowest BCUT2D eigenvalue weighted by Gasteiger charge is -2.54. The fraction of sp³-hybridized carbons (Fsp3) is 0.700. The number of pyridine rings is 1. The van der Waals surface area contributed by atoms with E-state index in [1.165, 1.54) is 32.1 Å². The van der Waals surface area contributed by atoms with Crippen LogP contribution in [0.1, 0.15) is 44.9 Å². The highest BCUT2D eigenvalue weighted by Gasteiger charge is 2.49. The van der Waals surface area contributed by atoms with Crippen molar-refractivity contribution >= 4 is 11.7 Å². The highest BCUT2D eigenvalue weighted by molar-refractivity contribution is 5.85. The lowest BCUT2D eigenvalue weighted by Crippen LogP contribution is -2.58. The predicted molar refractivity (Wildman–Crippen MR) is 93.6 cm³/mol. The third-order valence-electron chi connectivity index (χ3n) is 7.03. The van der Waals surface area contributed by atoms with Gasteiger partial charge in [-0.05, 0) is 80.8 Å². The Labute approximate surface area is 144 Å². The first-order valence-electron chi connectivity index (χ1n) is 9.76. The average Bonchev–Trinajstić information content (AvgIpc) is 3.08. The molecule has 4 heteroatoms. The zero-order chi connectivity index (χ0) is 16.1. The molecule has 1 aromatic heterocycles. The molecule has 1 saturated heterocycles. The zero-order valence-electron chi connectivity index (χ0n) is 14.2. The number of rotatable bonds is 3.